The molecule has 1 N–H and O–H groups in total. The molecule has 1 aliphatic rings. The van der Waals surface area contributed by atoms with E-state index >= 15 is 0 Å². The van der Waals surface area contributed by atoms with Crippen LogP contribution in [-0.4, -0.2) is 60.3 Å². The highest BCUT2D eigenvalue weighted by atomic mass is 16.5. The highest BCUT2D eigenvalue weighted by molar-refractivity contribution is 5.78. The maximum Gasteiger partial charge on any atom is 0.224 e. The van der Waals surface area contributed by atoms with E-state index in [1.807, 2.05) is 59.3 Å². The highest BCUT2D eigenvalue weighted by Crippen LogP contribution is 2.27. The van der Waals surface area contributed by atoms with E-state index in [0.717, 1.165) is 55.2 Å². The molecule has 1 unspecified atom stereocenters. The molecule has 1 amide bonds. The van der Waals surface area contributed by atoms with E-state index in [4.69, 9.17) is 9.47 Å². The molecule has 1 aliphatic heterocycles. The molecule has 7 nitrogen and oxygen atoms in total. The maximum atomic E-state index is 12.4. The molecule has 0 bridgehead atoms. The van der Waals surface area contributed by atoms with E-state index < -0.39 is 0 Å². The summed E-state index contributed by atoms with van der Waals surface area (Å²) in [5, 5.41) is 3.18. The third-order valence-corrected chi connectivity index (χ3v) is 6.11. The van der Waals surface area contributed by atoms with Crippen molar-refractivity contribution in [3.8, 4) is 17.2 Å². The van der Waals surface area contributed by atoms with E-state index in [9.17, 15) is 4.79 Å². The van der Waals surface area contributed by atoms with Crippen molar-refractivity contribution < 1.29 is 14.3 Å². The summed E-state index contributed by atoms with van der Waals surface area (Å²) in [7, 11) is 3.30. The van der Waals surface area contributed by atoms with Gasteiger partial charge in [-0.3, -0.25) is 4.79 Å². The molecule has 0 spiro atoms. The standard InChI is InChI=1S/C27H32N4O3/c1-33-25-11-8-22(18-26(25)34-2)12-15-30-16-13-23(19-30)29-27(32)5-3-4-21-6-9-24(10-7-21)31-17-14-28-20-31/h3-4,6-11,14,17-18,20,23H,5,12-13,15-16,19H2,1-2H3,(H,29,32). The molecular formula is C27H32N4O3. The number of hydrogen-bond acceptors (Lipinski definition) is 5. The molecule has 0 aliphatic carbocycles. The lowest BCUT2D eigenvalue weighted by Gasteiger charge is -2.17. The number of hydrogen-bond donors (Lipinski definition) is 1. The molecular weight excluding hydrogens is 428 g/mol. The van der Waals surface area contributed by atoms with Crippen LogP contribution < -0.4 is 14.8 Å². The topological polar surface area (TPSA) is 68.6 Å². The van der Waals surface area contributed by atoms with Crippen LogP contribution in [0.15, 0.2) is 67.3 Å². The van der Waals surface area contributed by atoms with Gasteiger partial charge in [-0.2, -0.15) is 0 Å². The van der Waals surface area contributed by atoms with Crippen molar-refractivity contribution in [3.05, 3.63) is 78.4 Å². The number of amides is 1. The van der Waals surface area contributed by atoms with Gasteiger partial charge in [-0.15, -0.1) is 0 Å². The van der Waals surface area contributed by atoms with Crippen LogP contribution in [0.25, 0.3) is 11.8 Å². The second kappa shape index (κ2) is 11.5. The summed E-state index contributed by atoms with van der Waals surface area (Å²) < 4.78 is 12.7. The number of rotatable bonds is 10. The number of aromatic nitrogens is 2. The zero-order chi connectivity index (χ0) is 23.8. The molecule has 1 saturated heterocycles. The number of benzene rings is 2. The van der Waals surface area contributed by atoms with Crippen LogP contribution in [0.5, 0.6) is 11.5 Å². The first kappa shape index (κ1) is 23.6. The first-order valence-corrected chi connectivity index (χ1v) is 11.6. The fourth-order valence-corrected chi connectivity index (χ4v) is 4.23. The lowest BCUT2D eigenvalue weighted by molar-refractivity contribution is -0.120. The van der Waals surface area contributed by atoms with Gasteiger partial charge in [-0.1, -0.05) is 30.4 Å². The van der Waals surface area contributed by atoms with Crippen molar-refractivity contribution in [3.63, 3.8) is 0 Å². The van der Waals surface area contributed by atoms with Gasteiger partial charge in [0.05, 0.1) is 20.5 Å². The number of nitrogens with zero attached hydrogens (tertiary/aromatic N) is 3. The monoisotopic (exact) mass is 460 g/mol. The van der Waals surface area contributed by atoms with Crippen LogP contribution in [0.3, 0.4) is 0 Å². The summed E-state index contributed by atoms with van der Waals surface area (Å²) in [6.45, 7) is 2.84. The first-order valence-electron chi connectivity index (χ1n) is 11.6. The number of carbonyl (C=O) groups excluding carboxylic acids is 1. The van der Waals surface area contributed by atoms with E-state index in [1.54, 1.807) is 26.7 Å². The van der Waals surface area contributed by atoms with Gasteiger partial charge in [-0.25, -0.2) is 4.98 Å². The van der Waals surface area contributed by atoms with Crippen molar-refractivity contribution in [1.29, 1.82) is 0 Å². The summed E-state index contributed by atoms with van der Waals surface area (Å²) in [5.41, 5.74) is 3.34. The Bertz CT molecular complexity index is 1090. The van der Waals surface area contributed by atoms with Crippen LogP contribution in [0, 0.1) is 0 Å². The molecule has 178 valence electrons. The average Bonchev–Trinajstić information content (AvgIpc) is 3.55. The lowest BCUT2D eigenvalue weighted by Crippen LogP contribution is -2.37. The minimum atomic E-state index is 0.0676. The molecule has 1 fully saturated rings. The predicted molar refractivity (Wildman–Crippen MR) is 133 cm³/mol. The van der Waals surface area contributed by atoms with Crippen molar-refractivity contribution in [2.45, 2.75) is 25.3 Å². The minimum Gasteiger partial charge on any atom is -0.493 e. The van der Waals surface area contributed by atoms with Crippen LogP contribution >= 0.6 is 0 Å². The molecule has 2 heterocycles. The molecule has 2 aromatic carbocycles. The Kier molecular flexibility index (Phi) is 7.99. The normalized spacial score (nSPS) is 16.1. The summed E-state index contributed by atoms with van der Waals surface area (Å²) in [4.78, 5) is 18.9. The molecule has 7 heteroatoms. The molecule has 3 aromatic rings. The van der Waals surface area contributed by atoms with Crippen LogP contribution in [0.2, 0.25) is 0 Å². The van der Waals surface area contributed by atoms with Gasteiger partial charge >= 0.3 is 0 Å². The zero-order valence-corrected chi connectivity index (χ0v) is 19.8. The molecule has 4 rings (SSSR count). The second-order valence-electron chi connectivity index (χ2n) is 8.46. The minimum absolute atomic E-state index is 0.0676. The third kappa shape index (κ3) is 6.26. The van der Waals surface area contributed by atoms with Gasteiger partial charge in [-0.05, 0) is 48.2 Å². The summed E-state index contributed by atoms with van der Waals surface area (Å²) in [5.74, 6) is 1.57. The number of likely N-dealkylation sites (tertiary alicyclic amines) is 1. The smallest absolute Gasteiger partial charge is 0.224 e. The predicted octanol–water partition coefficient (Wildman–Crippen LogP) is 3.73. The SMILES string of the molecule is COc1ccc(CCN2CCC(NC(=O)CC=Cc3ccc(-n4ccnc4)cc3)C2)cc1OC. The van der Waals surface area contributed by atoms with E-state index in [1.165, 1.54) is 5.56 Å². The number of methoxy groups -OCH3 is 2. The average molecular weight is 461 g/mol. The Balaban J connectivity index is 1.18. The Labute approximate surface area is 201 Å². The van der Waals surface area contributed by atoms with Crippen molar-refractivity contribution in [1.82, 2.24) is 19.8 Å². The van der Waals surface area contributed by atoms with Gasteiger partial charge in [0.1, 0.15) is 0 Å². The number of ether oxygens (including phenoxy) is 2. The maximum absolute atomic E-state index is 12.4. The largest absolute Gasteiger partial charge is 0.493 e. The fraction of sp³-hybridized carbons (Fsp3) is 0.333. The van der Waals surface area contributed by atoms with Crippen LogP contribution in [0.1, 0.15) is 24.0 Å². The molecule has 0 radical (unpaired) electrons. The zero-order valence-electron chi connectivity index (χ0n) is 19.8. The highest BCUT2D eigenvalue weighted by Gasteiger charge is 2.23. The third-order valence-electron chi connectivity index (χ3n) is 6.11. The quantitative estimate of drug-likeness (QED) is 0.499. The van der Waals surface area contributed by atoms with E-state index in [0.29, 0.717) is 6.42 Å². The van der Waals surface area contributed by atoms with Crippen molar-refractivity contribution in [2.75, 3.05) is 33.9 Å². The first-order chi connectivity index (χ1) is 16.6. The van der Waals surface area contributed by atoms with Crippen LogP contribution in [0.4, 0.5) is 0 Å². The summed E-state index contributed by atoms with van der Waals surface area (Å²) >= 11 is 0. The van der Waals surface area contributed by atoms with Crippen LogP contribution in [-0.2, 0) is 11.2 Å². The lowest BCUT2D eigenvalue weighted by atomic mass is 10.1. The second-order valence-corrected chi connectivity index (χ2v) is 8.46. The van der Waals surface area contributed by atoms with Crippen molar-refractivity contribution in [2.24, 2.45) is 0 Å². The Morgan fingerprint density at radius 1 is 1.15 bits per heavy atom. The van der Waals surface area contributed by atoms with E-state index in [2.05, 4.69) is 21.3 Å². The number of carbonyl (C=O) groups is 1. The van der Waals surface area contributed by atoms with Gasteiger partial charge in [0, 0.05) is 50.2 Å². The molecule has 0 saturated carbocycles. The Morgan fingerprint density at radius 3 is 2.71 bits per heavy atom. The van der Waals surface area contributed by atoms with Gasteiger partial charge < -0.3 is 24.3 Å². The summed E-state index contributed by atoms with van der Waals surface area (Å²) in [6.07, 6.45) is 11.7. The fourth-order valence-electron chi connectivity index (χ4n) is 4.23. The van der Waals surface area contributed by atoms with Gasteiger partial charge in [0.25, 0.3) is 0 Å². The van der Waals surface area contributed by atoms with Crippen molar-refractivity contribution >= 4 is 12.0 Å². The number of imidazole rings is 1. The Hall–Kier alpha value is -3.58. The molecule has 1 atom stereocenters. The number of nitrogens with one attached hydrogen (secondary N) is 1. The van der Waals surface area contributed by atoms with E-state index in [-0.39, 0.29) is 11.9 Å². The van der Waals surface area contributed by atoms with Gasteiger partial charge in [0.2, 0.25) is 5.91 Å². The molecule has 34 heavy (non-hydrogen) atoms. The summed E-state index contributed by atoms with van der Waals surface area (Å²) in [6, 6.07) is 14.4. The van der Waals surface area contributed by atoms with Gasteiger partial charge in [0.15, 0.2) is 11.5 Å². The molecule has 1 aromatic heterocycles. The Morgan fingerprint density at radius 2 is 1.97 bits per heavy atom.